The highest BCUT2D eigenvalue weighted by Crippen LogP contribution is 2.22. The maximum Gasteiger partial charge on any atom is 0.342 e. The Bertz CT molecular complexity index is 1000. The van der Waals surface area contributed by atoms with E-state index in [1.165, 1.54) is 17.0 Å². The number of amides is 1. The number of carbonyl (C=O) groups is 2. The molecule has 1 aliphatic heterocycles. The lowest BCUT2D eigenvalue weighted by Crippen LogP contribution is -2.42. The number of rotatable bonds is 6. The molecule has 1 N–H and O–H groups in total. The molecule has 2 aromatic carbocycles. The average Bonchev–Trinajstić information content (AvgIpc) is 3.04. The lowest BCUT2D eigenvalue weighted by atomic mass is 10.1. The number of sulfone groups is 1. The van der Waals surface area contributed by atoms with E-state index in [4.69, 9.17) is 4.74 Å². The van der Waals surface area contributed by atoms with E-state index < -0.39 is 34.4 Å². The second-order valence-electron chi connectivity index (χ2n) is 7.16. The van der Waals surface area contributed by atoms with Gasteiger partial charge in [0.25, 0.3) is 5.91 Å². The predicted octanol–water partition coefficient (Wildman–Crippen LogP) is 2.07. The third kappa shape index (κ3) is 5.35. The molecule has 1 fully saturated rings. The summed E-state index contributed by atoms with van der Waals surface area (Å²) in [6.07, 6.45) is 0.355. The van der Waals surface area contributed by atoms with Gasteiger partial charge in [0.1, 0.15) is 11.3 Å². The van der Waals surface area contributed by atoms with Crippen LogP contribution in [0.1, 0.15) is 27.9 Å². The van der Waals surface area contributed by atoms with E-state index in [9.17, 15) is 23.1 Å². The molecule has 3 rings (SSSR count). The van der Waals surface area contributed by atoms with Crippen molar-refractivity contribution in [3.8, 4) is 5.75 Å². The first-order valence-corrected chi connectivity index (χ1v) is 11.1. The van der Waals surface area contributed by atoms with Gasteiger partial charge >= 0.3 is 5.97 Å². The number of hydrogen-bond donors (Lipinski definition) is 1. The summed E-state index contributed by atoms with van der Waals surface area (Å²) in [5, 5.41) is 9.90. The number of benzene rings is 2. The van der Waals surface area contributed by atoms with Gasteiger partial charge in [0.2, 0.25) is 0 Å². The highest BCUT2D eigenvalue weighted by Gasteiger charge is 2.35. The Morgan fingerprint density at radius 1 is 1.17 bits per heavy atom. The molecule has 2 aromatic rings. The van der Waals surface area contributed by atoms with Crippen LogP contribution in [-0.2, 0) is 25.9 Å². The quantitative estimate of drug-likeness (QED) is 0.722. The van der Waals surface area contributed by atoms with Gasteiger partial charge in [0.15, 0.2) is 16.4 Å². The molecule has 0 saturated carbocycles. The minimum absolute atomic E-state index is 0.0264. The van der Waals surface area contributed by atoms with E-state index in [1.807, 2.05) is 30.3 Å². The fourth-order valence-electron chi connectivity index (χ4n) is 3.32. The number of nitrogens with zero attached hydrogens (tertiary/aromatic N) is 1. The van der Waals surface area contributed by atoms with Crippen molar-refractivity contribution in [1.29, 1.82) is 0 Å². The molecule has 29 heavy (non-hydrogen) atoms. The summed E-state index contributed by atoms with van der Waals surface area (Å²) in [5.41, 5.74) is 1.61. The number of aromatic hydroxyl groups is 1. The van der Waals surface area contributed by atoms with Crippen molar-refractivity contribution in [1.82, 2.24) is 4.90 Å². The van der Waals surface area contributed by atoms with Crippen LogP contribution < -0.4 is 0 Å². The molecular formula is C21H23NO6S. The standard InChI is InChI=1S/C21H23NO6S/c1-15-7-8-18(19(23)11-15)21(25)28-13-20(24)22(12-16-5-3-2-4-6-16)17-9-10-29(26,27)14-17/h2-8,11,17,23H,9-10,12-14H2,1H3/t17-/m0/s1. The molecule has 1 saturated heterocycles. The Morgan fingerprint density at radius 3 is 2.52 bits per heavy atom. The van der Waals surface area contributed by atoms with Crippen molar-refractivity contribution >= 4 is 21.7 Å². The molecule has 0 aromatic heterocycles. The zero-order chi connectivity index (χ0) is 21.0. The molecule has 1 aliphatic rings. The molecule has 0 aliphatic carbocycles. The number of aryl methyl sites for hydroxylation is 1. The summed E-state index contributed by atoms with van der Waals surface area (Å²) < 4.78 is 28.9. The normalized spacial score (nSPS) is 17.6. The fraction of sp³-hybridized carbons (Fsp3) is 0.333. The van der Waals surface area contributed by atoms with Crippen molar-refractivity contribution in [2.45, 2.75) is 25.9 Å². The Hall–Kier alpha value is -2.87. The van der Waals surface area contributed by atoms with Gasteiger partial charge in [-0.1, -0.05) is 36.4 Å². The highest BCUT2D eigenvalue weighted by molar-refractivity contribution is 7.91. The molecule has 7 nitrogen and oxygen atoms in total. The summed E-state index contributed by atoms with van der Waals surface area (Å²) in [4.78, 5) is 26.5. The third-order valence-corrected chi connectivity index (χ3v) is 6.62. The van der Waals surface area contributed by atoms with Gasteiger partial charge in [-0.05, 0) is 36.6 Å². The zero-order valence-corrected chi connectivity index (χ0v) is 16.9. The molecule has 1 amide bonds. The molecule has 0 unspecified atom stereocenters. The first kappa shape index (κ1) is 20.9. The molecule has 0 bridgehead atoms. The Kier molecular flexibility index (Phi) is 6.22. The van der Waals surface area contributed by atoms with E-state index >= 15 is 0 Å². The SMILES string of the molecule is Cc1ccc(C(=O)OCC(=O)N(Cc2ccccc2)[C@H]2CCS(=O)(=O)C2)c(O)c1. The zero-order valence-electron chi connectivity index (χ0n) is 16.1. The van der Waals surface area contributed by atoms with Crippen LogP contribution >= 0.6 is 0 Å². The van der Waals surface area contributed by atoms with Crippen molar-refractivity contribution in [3.05, 3.63) is 65.2 Å². The van der Waals surface area contributed by atoms with Gasteiger partial charge in [-0.3, -0.25) is 4.79 Å². The molecule has 8 heteroatoms. The van der Waals surface area contributed by atoms with Gasteiger partial charge in [0.05, 0.1) is 11.5 Å². The largest absolute Gasteiger partial charge is 0.507 e. The molecular weight excluding hydrogens is 394 g/mol. The van der Waals surface area contributed by atoms with Crippen LogP contribution in [0.2, 0.25) is 0 Å². The van der Waals surface area contributed by atoms with Crippen LogP contribution in [0, 0.1) is 6.92 Å². The van der Waals surface area contributed by atoms with Crippen LogP contribution in [0.4, 0.5) is 0 Å². The van der Waals surface area contributed by atoms with Gasteiger partial charge in [-0.15, -0.1) is 0 Å². The lowest BCUT2D eigenvalue weighted by molar-refractivity contribution is -0.137. The van der Waals surface area contributed by atoms with Gasteiger partial charge in [-0.25, -0.2) is 13.2 Å². The topological polar surface area (TPSA) is 101 Å². The van der Waals surface area contributed by atoms with Crippen molar-refractivity contribution in [2.24, 2.45) is 0 Å². The van der Waals surface area contributed by atoms with Crippen LogP contribution in [0.3, 0.4) is 0 Å². The Morgan fingerprint density at radius 2 is 1.90 bits per heavy atom. The summed E-state index contributed by atoms with van der Waals surface area (Å²) in [6.45, 7) is 1.47. The Labute approximate surface area is 169 Å². The molecule has 1 heterocycles. The average molecular weight is 417 g/mol. The van der Waals surface area contributed by atoms with Gasteiger partial charge < -0.3 is 14.7 Å². The third-order valence-electron chi connectivity index (χ3n) is 4.87. The summed E-state index contributed by atoms with van der Waals surface area (Å²) in [6, 6.07) is 13.3. The van der Waals surface area contributed by atoms with Crippen molar-refractivity contribution in [3.63, 3.8) is 0 Å². The lowest BCUT2D eigenvalue weighted by Gasteiger charge is -2.28. The minimum Gasteiger partial charge on any atom is -0.507 e. The van der Waals surface area contributed by atoms with Crippen LogP contribution in [0.5, 0.6) is 5.75 Å². The summed E-state index contributed by atoms with van der Waals surface area (Å²) in [5.74, 6) is -1.57. The Balaban J connectivity index is 1.71. The second-order valence-corrected chi connectivity index (χ2v) is 9.39. The first-order valence-electron chi connectivity index (χ1n) is 9.26. The van der Waals surface area contributed by atoms with E-state index in [-0.39, 0.29) is 29.4 Å². The molecule has 0 radical (unpaired) electrons. The van der Waals surface area contributed by atoms with Gasteiger partial charge in [0, 0.05) is 12.6 Å². The first-order chi connectivity index (χ1) is 13.7. The monoisotopic (exact) mass is 417 g/mol. The maximum absolute atomic E-state index is 12.8. The number of carbonyl (C=O) groups excluding carboxylic acids is 2. The van der Waals surface area contributed by atoms with Crippen molar-refractivity contribution in [2.75, 3.05) is 18.1 Å². The van der Waals surface area contributed by atoms with Crippen LogP contribution in [0.25, 0.3) is 0 Å². The summed E-state index contributed by atoms with van der Waals surface area (Å²) >= 11 is 0. The maximum atomic E-state index is 12.8. The number of phenolic OH excluding ortho intramolecular Hbond substituents is 1. The number of ether oxygens (including phenoxy) is 1. The highest BCUT2D eigenvalue weighted by atomic mass is 32.2. The number of phenols is 1. The number of hydrogen-bond acceptors (Lipinski definition) is 6. The second kappa shape index (κ2) is 8.65. The molecule has 1 atom stereocenters. The van der Waals surface area contributed by atoms with Crippen LogP contribution in [0.15, 0.2) is 48.5 Å². The smallest absolute Gasteiger partial charge is 0.342 e. The fourth-order valence-corrected chi connectivity index (χ4v) is 5.06. The predicted molar refractivity (Wildman–Crippen MR) is 107 cm³/mol. The number of esters is 1. The van der Waals surface area contributed by atoms with E-state index in [0.29, 0.717) is 6.42 Å². The van der Waals surface area contributed by atoms with Crippen molar-refractivity contribution < 1.29 is 27.9 Å². The van der Waals surface area contributed by atoms with Gasteiger partial charge in [-0.2, -0.15) is 0 Å². The summed E-state index contributed by atoms with van der Waals surface area (Å²) in [7, 11) is -3.18. The molecule has 154 valence electrons. The van der Waals surface area contributed by atoms with E-state index in [0.717, 1.165) is 11.1 Å². The van der Waals surface area contributed by atoms with E-state index in [1.54, 1.807) is 13.0 Å². The molecule has 0 spiro atoms. The van der Waals surface area contributed by atoms with Crippen LogP contribution in [-0.4, -0.2) is 54.5 Å². The minimum atomic E-state index is -3.18. The van der Waals surface area contributed by atoms with E-state index in [2.05, 4.69) is 0 Å².